The summed E-state index contributed by atoms with van der Waals surface area (Å²) in [6.45, 7) is 6.55. The molecule has 0 saturated heterocycles. The van der Waals surface area contributed by atoms with Crippen LogP contribution in [0.25, 0.3) is 0 Å². The number of phenols is 1. The van der Waals surface area contributed by atoms with E-state index >= 15 is 0 Å². The van der Waals surface area contributed by atoms with E-state index in [9.17, 15) is 9.90 Å². The average molecular weight is 453 g/mol. The van der Waals surface area contributed by atoms with Crippen molar-refractivity contribution in [3.63, 3.8) is 0 Å². The van der Waals surface area contributed by atoms with Gasteiger partial charge in [-0.3, -0.25) is 0 Å². The SMILES string of the molecule is CCC(CCCC(C)c1ccc(OCC(=O)OC2(CC)CCCC2)cc1)c1ccc(O)cc1. The van der Waals surface area contributed by atoms with Crippen molar-refractivity contribution in [2.45, 2.75) is 96.0 Å². The Morgan fingerprint density at radius 1 is 0.970 bits per heavy atom. The largest absolute Gasteiger partial charge is 0.508 e. The number of rotatable bonds is 12. The van der Waals surface area contributed by atoms with Crippen LogP contribution in [0.2, 0.25) is 0 Å². The zero-order chi connectivity index (χ0) is 23.7. The maximum Gasteiger partial charge on any atom is 0.344 e. The highest BCUT2D eigenvalue weighted by molar-refractivity contribution is 5.71. The molecule has 0 aromatic heterocycles. The second kappa shape index (κ2) is 12.1. The van der Waals surface area contributed by atoms with Crippen molar-refractivity contribution >= 4 is 5.97 Å². The molecule has 0 heterocycles. The second-order valence-electron chi connectivity index (χ2n) is 9.60. The summed E-state index contributed by atoms with van der Waals surface area (Å²) in [4.78, 5) is 12.3. The molecule has 0 amide bonds. The fraction of sp³-hybridized carbons (Fsp3) is 0.552. The number of hydrogen-bond donors (Lipinski definition) is 1. The number of carbonyl (C=O) groups excluding carboxylic acids is 1. The normalized spacial score (nSPS) is 16.8. The highest BCUT2D eigenvalue weighted by atomic mass is 16.6. The molecule has 1 aliphatic carbocycles. The van der Waals surface area contributed by atoms with Crippen molar-refractivity contribution < 1.29 is 19.4 Å². The Kier molecular flexibility index (Phi) is 9.22. The van der Waals surface area contributed by atoms with E-state index in [0.29, 0.717) is 23.3 Å². The Hall–Kier alpha value is -2.49. The first-order valence-electron chi connectivity index (χ1n) is 12.7. The molecule has 2 unspecified atom stereocenters. The summed E-state index contributed by atoms with van der Waals surface area (Å²) in [6.07, 6.45) is 9.62. The monoisotopic (exact) mass is 452 g/mol. The number of ether oxygens (including phenoxy) is 2. The number of benzene rings is 2. The molecule has 4 heteroatoms. The maximum absolute atomic E-state index is 12.3. The summed E-state index contributed by atoms with van der Waals surface area (Å²) in [5, 5.41) is 9.51. The first-order valence-corrected chi connectivity index (χ1v) is 12.7. The molecular formula is C29H40O4. The van der Waals surface area contributed by atoms with Gasteiger partial charge < -0.3 is 14.6 Å². The molecule has 2 aromatic rings. The van der Waals surface area contributed by atoms with Crippen LogP contribution in [0.1, 0.15) is 102 Å². The van der Waals surface area contributed by atoms with E-state index in [4.69, 9.17) is 9.47 Å². The average Bonchev–Trinajstić information content (AvgIpc) is 3.30. The molecule has 33 heavy (non-hydrogen) atoms. The topological polar surface area (TPSA) is 55.8 Å². The summed E-state index contributed by atoms with van der Waals surface area (Å²) >= 11 is 0. The van der Waals surface area contributed by atoms with Crippen molar-refractivity contribution in [1.82, 2.24) is 0 Å². The lowest BCUT2D eigenvalue weighted by atomic mass is 9.88. The van der Waals surface area contributed by atoms with E-state index in [2.05, 4.69) is 32.9 Å². The lowest BCUT2D eigenvalue weighted by Gasteiger charge is -2.27. The lowest BCUT2D eigenvalue weighted by Crippen LogP contribution is -2.33. The molecule has 1 saturated carbocycles. The molecule has 1 aliphatic rings. The summed E-state index contributed by atoms with van der Waals surface area (Å²) < 4.78 is 11.5. The van der Waals surface area contributed by atoms with Crippen LogP contribution in [-0.2, 0) is 9.53 Å². The van der Waals surface area contributed by atoms with E-state index in [0.717, 1.165) is 57.8 Å². The zero-order valence-electron chi connectivity index (χ0n) is 20.5. The third kappa shape index (κ3) is 7.25. The van der Waals surface area contributed by atoms with Crippen molar-refractivity contribution in [2.24, 2.45) is 0 Å². The Bertz CT molecular complexity index is 850. The predicted molar refractivity (Wildman–Crippen MR) is 133 cm³/mol. The van der Waals surface area contributed by atoms with Gasteiger partial charge in [0.15, 0.2) is 6.61 Å². The number of esters is 1. The van der Waals surface area contributed by atoms with Crippen LogP contribution in [0.5, 0.6) is 11.5 Å². The maximum atomic E-state index is 12.3. The van der Waals surface area contributed by atoms with Crippen molar-refractivity contribution in [1.29, 1.82) is 0 Å². The highest BCUT2D eigenvalue weighted by Crippen LogP contribution is 2.36. The molecule has 0 radical (unpaired) electrons. The number of aromatic hydroxyl groups is 1. The predicted octanol–water partition coefficient (Wildman–Crippen LogP) is 7.50. The molecule has 2 atom stereocenters. The van der Waals surface area contributed by atoms with Gasteiger partial charge >= 0.3 is 5.97 Å². The summed E-state index contributed by atoms with van der Waals surface area (Å²) in [5.41, 5.74) is 2.33. The minimum Gasteiger partial charge on any atom is -0.508 e. The van der Waals surface area contributed by atoms with Crippen LogP contribution in [0, 0.1) is 0 Å². The minimum atomic E-state index is -0.268. The van der Waals surface area contributed by atoms with Crippen LogP contribution in [0.15, 0.2) is 48.5 Å². The van der Waals surface area contributed by atoms with Crippen LogP contribution < -0.4 is 4.74 Å². The zero-order valence-corrected chi connectivity index (χ0v) is 20.5. The Morgan fingerprint density at radius 2 is 1.61 bits per heavy atom. The van der Waals surface area contributed by atoms with Gasteiger partial charge in [-0.15, -0.1) is 0 Å². The molecule has 1 fully saturated rings. The van der Waals surface area contributed by atoms with Crippen LogP contribution in [0.3, 0.4) is 0 Å². The standard InChI is InChI=1S/C29H40O4/c1-4-23(25-11-15-26(30)16-12-25)10-8-9-22(3)24-13-17-27(18-14-24)32-21-28(31)33-29(5-2)19-6-7-20-29/h11-18,22-23,30H,4-10,19-21H2,1-3H3. The molecular weight excluding hydrogens is 412 g/mol. The Morgan fingerprint density at radius 3 is 2.21 bits per heavy atom. The van der Waals surface area contributed by atoms with Gasteiger partial charge in [-0.25, -0.2) is 4.79 Å². The van der Waals surface area contributed by atoms with Crippen molar-refractivity contribution in [3.8, 4) is 11.5 Å². The number of phenolic OH excluding ortho intramolecular Hbond substituents is 1. The molecule has 4 nitrogen and oxygen atoms in total. The highest BCUT2D eigenvalue weighted by Gasteiger charge is 2.35. The van der Waals surface area contributed by atoms with Gasteiger partial charge in [0.2, 0.25) is 0 Å². The van der Waals surface area contributed by atoms with Crippen LogP contribution in [0.4, 0.5) is 0 Å². The van der Waals surface area contributed by atoms with Crippen molar-refractivity contribution in [2.75, 3.05) is 6.61 Å². The fourth-order valence-corrected chi connectivity index (χ4v) is 5.04. The summed E-state index contributed by atoms with van der Waals surface area (Å²) in [7, 11) is 0. The van der Waals surface area contributed by atoms with Crippen LogP contribution >= 0.6 is 0 Å². The Labute approximate surface area is 199 Å². The third-order valence-corrected chi connectivity index (χ3v) is 7.34. The van der Waals surface area contributed by atoms with Gasteiger partial charge in [0.25, 0.3) is 0 Å². The lowest BCUT2D eigenvalue weighted by molar-refractivity contribution is -0.162. The number of hydrogen-bond acceptors (Lipinski definition) is 4. The first-order chi connectivity index (χ1) is 15.9. The quantitative estimate of drug-likeness (QED) is 0.339. The van der Waals surface area contributed by atoms with Crippen LogP contribution in [-0.4, -0.2) is 23.3 Å². The van der Waals surface area contributed by atoms with Gasteiger partial charge in [-0.05, 0) is 98.6 Å². The van der Waals surface area contributed by atoms with E-state index in [1.54, 1.807) is 12.1 Å². The summed E-state index contributed by atoms with van der Waals surface area (Å²) in [6, 6.07) is 15.8. The van der Waals surface area contributed by atoms with E-state index < -0.39 is 0 Å². The first kappa shape index (κ1) is 25.1. The molecule has 1 N–H and O–H groups in total. The molecule has 0 aliphatic heterocycles. The van der Waals surface area contributed by atoms with Gasteiger partial charge in [-0.2, -0.15) is 0 Å². The molecule has 3 rings (SSSR count). The van der Waals surface area contributed by atoms with E-state index in [-0.39, 0.29) is 18.2 Å². The fourth-order valence-electron chi connectivity index (χ4n) is 5.04. The van der Waals surface area contributed by atoms with Gasteiger partial charge in [0, 0.05) is 0 Å². The van der Waals surface area contributed by atoms with Gasteiger partial charge in [0.05, 0.1) is 0 Å². The summed E-state index contributed by atoms with van der Waals surface area (Å²) in [5.74, 6) is 1.76. The van der Waals surface area contributed by atoms with Crippen molar-refractivity contribution in [3.05, 3.63) is 59.7 Å². The third-order valence-electron chi connectivity index (χ3n) is 7.34. The smallest absolute Gasteiger partial charge is 0.344 e. The van der Waals surface area contributed by atoms with Gasteiger partial charge in [0.1, 0.15) is 17.1 Å². The Balaban J connectivity index is 1.42. The molecule has 0 bridgehead atoms. The minimum absolute atomic E-state index is 0.0354. The second-order valence-corrected chi connectivity index (χ2v) is 9.60. The molecule has 180 valence electrons. The molecule has 0 spiro atoms. The van der Waals surface area contributed by atoms with E-state index in [1.807, 2.05) is 24.3 Å². The number of carbonyl (C=O) groups is 1. The molecule has 2 aromatic carbocycles. The van der Waals surface area contributed by atoms with Gasteiger partial charge in [-0.1, -0.05) is 51.5 Å². The van der Waals surface area contributed by atoms with E-state index in [1.165, 1.54) is 11.1 Å².